The zero-order valence-corrected chi connectivity index (χ0v) is 13.4. The van der Waals surface area contributed by atoms with Crippen molar-refractivity contribution in [1.82, 2.24) is 4.98 Å². The van der Waals surface area contributed by atoms with Gasteiger partial charge in [-0.25, -0.2) is 4.98 Å². The number of thiazole rings is 1. The first-order valence-electron chi connectivity index (χ1n) is 5.63. The SMILES string of the molecule is O=C1CCCc2sc(-c3ccc(Br)c(Br)c3)nc21. The molecule has 0 aliphatic heterocycles. The van der Waals surface area contributed by atoms with Crippen LogP contribution in [0.1, 0.15) is 28.2 Å². The maximum Gasteiger partial charge on any atom is 0.182 e. The van der Waals surface area contributed by atoms with E-state index in [1.807, 2.05) is 18.2 Å². The van der Waals surface area contributed by atoms with E-state index >= 15 is 0 Å². The summed E-state index contributed by atoms with van der Waals surface area (Å²) in [5, 5.41) is 0.934. The van der Waals surface area contributed by atoms with Gasteiger partial charge in [-0.15, -0.1) is 11.3 Å². The highest BCUT2D eigenvalue weighted by Gasteiger charge is 2.22. The molecule has 2 nitrogen and oxygen atoms in total. The zero-order chi connectivity index (χ0) is 12.7. The highest BCUT2D eigenvalue weighted by molar-refractivity contribution is 9.13. The van der Waals surface area contributed by atoms with E-state index in [1.165, 1.54) is 0 Å². The Morgan fingerprint density at radius 1 is 1.17 bits per heavy atom. The molecule has 0 amide bonds. The molecule has 0 fully saturated rings. The molecule has 1 aromatic carbocycles. The van der Waals surface area contributed by atoms with E-state index in [1.54, 1.807) is 11.3 Å². The van der Waals surface area contributed by atoms with Crippen molar-refractivity contribution in [2.75, 3.05) is 0 Å². The van der Waals surface area contributed by atoms with Crippen molar-refractivity contribution in [2.45, 2.75) is 19.3 Å². The van der Waals surface area contributed by atoms with E-state index in [2.05, 4.69) is 36.8 Å². The van der Waals surface area contributed by atoms with Crippen LogP contribution in [0, 0.1) is 0 Å². The average Bonchev–Trinajstić information content (AvgIpc) is 2.78. The molecule has 0 spiro atoms. The molecular weight excluding hydrogens is 378 g/mol. The number of carbonyl (C=O) groups excluding carboxylic acids is 1. The molecule has 0 saturated carbocycles. The van der Waals surface area contributed by atoms with Crippen LogP contribution in [0.4, 0.5) is 0 Å². The fourth-order valence-corrected chi connectivity index (χ4v) is 3.76. The Labute approximate surface area is 126 Å². The fourth-order valence-electron chi connectivity index (χ4n) is 2.02. The highest BCUT2D eigenvalue weighted by Crippen LogP contribution is 2.35. The van der Waals surface area contributed by atoms with E-state index in [4.69, 9.17) is 0 Å². The molecule has 1 heterocycles. The van der Waals surface area contributed by atoms with Crippen LogP contribution in [0.5, 0.6) is 0 Å². The second-order valence-corrected chi connectivity index (χ2v) is 6.99. The van der Waals surface area contributed by atoms with Crippen LogP contribution in [0.25, 0.3) is 10.6 Å². The molecule has 1 aliphatic carbocycles. The van der Waals surface area contributed by atoms with Crippen LogP contribution in [-0.2, 0) is 6.42 Å². The molecule has 3 rings (SSSR count). The molecular formula is C13H9Br2NOS. The van der Waals surface area contributed by atoms with Gasteiger partial charge in [0.2, 0.25) is 0 Å². The van der Waals surface area contributed by atoms with Gasteiger partial charge in [-0.1, -0.05) is 6.07 Å². The van der Waals surface area contributed by atoms with Gasteiger partial charge in [-0.3, -0.25) is 4.79 Å². The molecule has 18 heavy (non-hydrogen) atoms. The number of ketones is 1. The fraction of sp³-hybridized carbons (Fsp3) is 0.231. The lowest BCUT2D eigenvalue weighted by atomic mass is 10.0. The second-order valence-electron chi connectivity index (χ2n) is 4.20. The Bertz CT molecular complexity index is 636. The minimum absolute atomic E-state index is 0.190. The summed E-state index contributed by atoms with van der Waals surface area (Å²) in [5.74, 6) is 0.190. The lowest BCUT2D eigenvalue weighted by Gasteiger charge is -2.06. The van der Waals surface area contributed by atoms with Crippen molar-refractivity contribution < 1.29 is 4.79 Å². The molecule has 0 N–H and O–H groups in total. The van der Waals surface area contributed by atoms with Gasteiger partial charge in [0, 0.05) is 25.8 Å². The third-order valence-electron chi connectivity index (χ3n) is 2.94. The molecule has 2 aromatic rings. The van der Waals surface area contributed by atoms with E-state index in [0.29, 0.717) is 12.1 Å². The van der Waals surface area contributed by atoms with Gasteiger partial charge >= 0.3 is 0 Å². The normalized spacial score (nSPS) is 14.7. The van der Waals surface area contributed by atoms with Crippen molar-refractivity contribution >= 4 is 49.0 Å². The molecule has 5 heteroatoms. The summed E-state index contributed by atoms with van der Waals surface area (Å²) in [6, 6.07) is 6.03. The van der Waals surface area contributed by atoms with Gasteiger partial charge in [-0.2, -0.15) is 0 Å². The number of aryl methyl sites for hydroxylation is 1. The van der Waals surface area contributed by atoms with Gasteiger partial charge in [0.1, 0.15) is 10.7 Å². The van der Waals surface area contributed by atoms with Gasteiger partial charge in [0.05, 0.1) is 0 Å². The third-order valence-corrected chi connectivity index (χ3v) is 5.98. The van der Waals surface area contributed by atoms with Crippen LogP contribution < -0.4 is 0 Å². The molecule has 0 saturated heterocycles. The number of hydrogen-bond donors (Lipinski definition) is 0. The van der Waals surface area contributed by atoms with Crippen LogP contribution in [0.2, 0.25) is 0 Å². The number of hydrogen-bond acceptors (Lipinski definition) is 3. The maximum absolute atomic E-state index is 11.8. The van der Waals surface area contributed by atoms with E-state index < -0.39 is 0 Å². The third kappa shape index (κ3) is 2.19. The molecule has 1 aromatic heterocycles. The Morgan fingerprint density at radius 2 is 2.00 bits per heavy atom. The van der Waals surface area contributed by atoms with Gasteiger partial charge in [0.15, 0.2) is 5.78 Å². The number of benzene rings is 1. The molecule has 1 aliphatic rings. The minimum Gasteiger partial charge on any atom is -0.292 e. The monoisotopic (exact) mass is 385 g/mol. The largest absolute Gasteiger partial charge is 0.292 e. The topological polar surface area (TPSA) is 30.0 Å². The first-order chi connectivity index (χ1) is 8.65. The quantitative estimate of drug-likeness (QED) is 0.700. The molecule has 0 bridgehead atoms. The lowest BCUT2D eigenvalue weighted by Crippen LogP contribution is -2.08. The Kier molecular flexibility index (Phi) is 3.38. The summed E-state index contributed by atoms with van der Waals surface area (Å²) in [7, 11) is 0. The number of Topliss-reactive ketones (excluding diaryl/α,β-unsaturated/α-hetero) is 1. The Morgan fingerprint density at radius 3 is 2.72 bits per heavy atom. The Balaban J connectivity index is 2.07. The van der Waals surface area contributed by atoms with Crippen molar-refractivity contribution in [3.8, 4) is 10.6 Å². The summed E-state index contributed by atoms with van der Waals surface area (Å²) in [6.07, 6.45) is 2.58. The van der Waals surface area contributed by atoms with Crippen molar-refractivity contribution in [1.29, 1.82) is 0 Å². The predicted octanol–water partition coefficient (Wildman–Crippen LogP) is 4.85. The van der Waals surface area contributed by atoms with Gasteiger partial charge in [-0.05, 0) is 56.8 Å². The minimum atomic E-state index is 0.190. The first kappa shape index (κ1) is 12.5. The summed E-state index contributed by atoms with van der Waals surface area (Å²) in [6.45, 7) is 0. The first-order valence-corrected chi connectivity index (χ1v) is 8.04. The molecule has 0 unspecified atom stereocenters. The van der Waals surface area contributed by atoms with Crippen molar-refractivity contribution in [2.24, 2.45) is 0 Å². The zero-order valence-electron chi connectivity index (χ0n) is 9.37. The van der Waals surface area contributed by atoms with Crippen molar-refractivity contribution in [3.05, 3.63) is 37.7 Å². The Hall–Kier alpha value is -0.520. The van der Waals surface area contributed by atoms with E-state index in [9.17, 15) is 4.79 Å². The van der Waals surface area contributed by atoms with Gasteiger partial charge < -0.3 is 0 Å². The van der Waals surface area contributed by atoms with E-state index in [-0.39, 0.29) is 5.78 Å². The average molecular weight is 387 g/mol. The number of fused-ring (bicyclic) bond motifs is 1. The molecule has 92 valence electrons. The summed E-state index contributed by atoms with van der Waals surface area (Å²) in [4.78, 5) is 17.4. The lowest BCUT2D eigenvalue weighted by molar-refractivity contribution is 0.0968. The van der Waals surface area contributed by atoms with Gasteiger partial charge in [0.25, 0.3) is 0 Å². The number of halogens is 2. The summed E-state index contributed by atoms with van der Waals surface area (Å²) in [5.41, 5.74) is 1.75. The maximum atomic E-state index is 11.8. The number of aromatic nitrogens is 1. The summed E-state index contributed by atoms with van der Waals surface area (Å²) < 4.78 is 2.02. The number of carbonyl (C=O) groups is 1. The van der Waals surface area contributed by atoms with Crippen LogP contribution in [0.15, 0.2) is 27.1 Å². The molecule has 0 radical (unpaired) electrons. The van der Waals surface area contributed by atoms with Crippen LogP contribution in [-0.4, -0.2) is 10.8 Å². The standard InChI is InChI=1S/C13H9Br2NOS/c14-8-5-4-7(6-9(8)15)13-16-12-10(17)2-1-3-11(12)18-13/h4-6H,1-3H2. The molecule has 0 atom stereocenters. The van der Waals surface area contributed by atoms with Crippen LogP contribution in [0.3, 0.4) is 0 Å². The van der Waals surface area contributed by atoms with Crippen LogP contribution >= 0.6 is 43.2 Å². The number of rotatable bonds is 1. The summed E-state index contributed by atoms with van der Waals surface area (Å²) >= 11 is 8.58. The van der Waals surface area contributed by atoms with E-state index in [0.717, 1.165) is 37.2 Å². The van der Waals surface area contributed by atoms with Crippen molar-refractivity contribution in [3.63, 3.8) is 0 Å². The highest BCUT2D eigenvalue weighted by atomic mass is 79.9. The number of nitrogens with zero attached hydrogens (tertiary/aromatic N) is 1. The smallest absolute Gasteiger partial charge is 0.182 e. The second kappa shape index (κ2) is 4.87. The predicted molar refractivity (Wildman–Crippen MR) is 80.2 cm³/mol.